The molecule has 0 radical (unpaired) electrons. The summed E-state index contributed by atoms with van der Waals surface area (Å²) in [4.78, 5) is 0.127. The molecule has 0 spiro atoms. The van der Waals surface area contributed by atoms with E-state index >= 15 is 0 Å². The summed E-state index contributed by atoms with van der Waals surface area (Å²) in [5.74, 6) is 0. The normalized spacial score (nSPS) is 11.6. The molecule has 1 aromatic rings. The number of rotatable bonds is 4. The quantitative estimate of drug-likeness (QED) is 0.747. The van der Waals surface area contributed by atoms with E-state index in [4.69, 9.17) is 5.11 Å². The summed E-state index contributed by atoms with van der Waals surface area (Å²) in [6, 6.07) is 6.23. The van der Waals surface area contributed by atoms with E-state index in [0.717, 1.165) is 12.7 Å². The van der Waals surface area contributed by atoms with Gasteiger partial charge in [0, 0.05) is 6.61 Å². The van der Waals surface area contributed by atoms with Crippen LogP contribution in [0.5, 0.6) is 0 Å². The van der Waals surface area contributed by atoms with Gasteiger partial charge in [0.15, 0.2) is 0 Å². The fourth-order valence-corrected chi connectivity index (χ4v) is 1.71. The standard InChI is InChI=1S/C9H12O4S/c1-13-14(11,12)9-4-2-8(3-5-9)6-7-10/h2-5,10H,6-7H2,1H3. The first-order valence-electron chi connectivity index (χ1n) is 4.10. The molecule has 78 valence electrons. The zero-order valence-electron chi connectivity index (χ0n) is 7.80. The molecular weight excluding hydrogens is 204 g/mol. The molecule has 1 N–H and O–H groups in total. The van der Waals surface area contributed by atoms with Gasteiger partial charge in [0.1, 0.15) is 0 Å². The first kappa shape index (κ1) is 11.2. The van der Waals surface area contributed by atoms with Crippen LogP contribution in [-0.4, -0.2) is 27.2 Å². The van der Waals surface area contributed by atoms with Crippen molar-refractivity contribution in [2.45, 2.75) is 11.3 Å². The summed E-state index contributed by atoms with van der Waals surface area (Å²) in [7, 11) is -2.47. The van der Waals surface area contributed by atoms with Gasteiger partial charge in [0.05, 0.1) is 12.0 Å². The van der Waals surface area contributed by atoms with Gasteiger partial charge in [0.2, 0.25) is 0 Å². The van der Waals surface area contributed by atoms with Crippen LogP contribution < -0.4 is 0 Å². The van der Waals surface area contributed by atoms with Crippen LogP contribution in [-0.2, 0) is 20.7 Å². The lowest BCUT2D eigenvalue weighted by molar-refractivity contribution is 0.299. The summed E-state index contributed by atoms with van der Waals surface area (Å²) >= 11 is 0. The van der Waals surface area contributed by atoms with Crippen molar-refractivity contribution in [3.05, 3.63) is 29.8 Å². The van der Waals surface area contributed by atoms with E-state index in [0.29, 0.717) is 6.42 Å². The number of hydrogen-bond acceptors (Lipinski definition) is 4. The Morgan fingerprint density at radius 1 is 1.29 bits per heavy atom. The molecule has 0 amide bonds. The van der Waals surface area contributed by atoms with Crippen LogP contribution in [0.2, 0.25) is 0 Å². The first-order chi connectivity index (χ1) is 6.60. The second-order valence-corrected chi connectivity index (χ2v) is 4.45. The summed E-state index contributed by atoms with van der Waals surface area (Å²) in [6.45, 7) is 0.0520. The highest BCUT2D eigenvalue weighted by Gasteiger charge is 2.11. The van der Waals surface area contributed by atoms with Gasteiger partial charge in [-0.1, -0.05) is 12.1 Å². The summed E-state index contributed by atoms with van der Waals surface area (Å²) < 4.78 is 26.7. The minimum atomic E-state index is -3.59. The Morgan fingerprint density at radius 2 is 1.86 bits per heavy atom. The number of aliphatic hydroxyl groups excluding tert-OH is 1. The molecule has 0 unspecified atom stereocenters. The second kappa shape index (κ2) is 4.54. The van der Waals surface area contributed by atoms with Crippen LogP contribution in [0.25, 0.3) is 0 Å². The van der Waals surface area contributed by atoms with Gasteiger partial charge in [-0.05, 0) is 24.1 Å². The van der Waals surface area contributed by atoms with Gasteiger partial charge >= 0.3 is 0 Å². The van der Waals surface area contributed by atoms with Crippen molar-refractivity contribution in [2.75, 3.05) is 13.7 Å². The zero-order chi connectivity index (χ0) is 10.6. The minimum absolute atomic E-state index is 0.0520. The van der Waals surface area contributed by atoms with Crippen molar-refractivity contribution in [3.8, 4) is 0 Å². The van der Waals surface area contributed by atoms with E-state index in [-0.39, 0.29) is 11.5 Å². The van der Waals surface area contributed by atoms with Gasteiger partial charge in [-0.2, -0.15) is 8.42 Å². The van der Waals surface area contributed by atoms with Crippen LogP contribution in [0, 0.1) is 0 Å². The maximum Gasteiger partial charge on any atom is 0.296 e. The smallest absolute Gasteiger partial charge is 0.296 e. The van der Waals surface area contributed by atoms with Crippen LogP contribution in [0.3, 0.4) is 0 Å². The Labute approximate surface area is 83.3 Å². The van der Waals surface area contributed by atoms with E-state index in [1.54, 1.807) is 12.1 Å². The third-order valence-corrected chi connectivity index (χ3v) is 3.12. The molecule has 4 nitrogen and oxygen atoms in total. The monoisotopic (exact) mass is 216 g/mol. The van der Waals surface area contributed by atoms with Gasteiger partial charge in [-0.25, -0.2) is 0 Å². The number of benzene rings is 1. The van der Waals surface area contributed by atoms with E-state index in [1.807, 2.05) is 0 Å². The predicted octanol–water partition coefficient (Wildman–Crippen LogP) is 0.557. The molecule has 0 atom stereocenters. The fourth-order valence-electron chi connectivity index (χ4n) is 1.05. The highest BCUT2D eigenvalue weighted by atomic mass is 32.2. The molecule has 0 bridgehead atoms. The molecule has 0 aliphatic carbocycles. The van der Waals surface area contributed by atoms with Crippen molar-refractivity contribution in [3.63, 3.8) is 0 Å². The maximum absolute atomic E-state index is 11.2. The van der Waals surface area contributed by atoms with Crippen molar-refractivity contribution < 1.29 is 17.7 Å². The lowest BCUT2D eigenvalue weighted by atomic mass is 10.2. The van der Waals surface area contributed by atoms with Crippen molar-refractivity contribution in [1.82, 2.24) is 0 Å². The molecule has 0 aliphatic rings. The molecule has 0 fully saturated rings. The zero-order valence-corrected chi connectivity index (χ0v) is 8.62. The van der Waals surface area contributed by atoms with Crippen LogP contribution in [0.15, 0.2) is 29.2 Å². The number of aliphatic hydroxyl groups is 1. The SMILES string of the molecule is COS(=O)(=O)c1ccc(CCO)cc1. The fraction of sp³-hybridized carbons (Fsp3) is 0.333. The summed E-state index contributed by atoms with van der Waals surface area (Å²) in [5.41, 5.74) is 0.891. The van der Waals surface area contributed by atoms with E-state index in [2.05, 4.69) is 4.18 Å². The minimum Gasteiger partial charge on any atom is -0.396 e. The van der Waals surface area contributed by atoms with Crippen LogP contribution >= 0.6 is 0 Å². The first-order valence-corrected chi connectivity index (χ1v) is 5.51. The molecule has 0 aromatic heterocycles. The average Bonchev–Trinajstić information content (AvgIpc) is 2.19. The van der Waals surface area contributed by atoms with Gasteiger partial charge in [-0.15, -0.1) is 0 Å². The number of hydrogen-bond donors (Lipinski definition) is 1. The summed E-state index contributed by atoms with van der Waals surface area (Å²) in [5, 5.41) is 8.65. The molecular formula is C9H12O4S. The topological polar surface area (TPSA) is 63.6 Å². The Kier molecular flexibility index (Phi) is 3.62. The van der Waals surface area contributed by atoms with Crippen molar-refractivity contribution in [1.29, 1.82) is 0 Å². The van der Waals surface area contributed by atoms with Gasteiger partial charge in [0.25, 0.3) is 10.1 Å². The second-order valence-electron chi connectivity index (χ2n) is 2.74. The summed E-state index contributed by atoms with van der Waals surface area (Å²) in [6.07, 6.45) is 0.521. The van der Waals surface area contributed by atoms with Crippen molar-refractivity contribution >= 4 is 10.1 Å². The van der Waals surface area contributed by atoms with E-state index in [9.17, 15) is 8.42 Å². The molecule has 0 saturated carbocycles. The lowest BCUT2D eigenvalue weighted by Gasteiger charge is -2.02. The average molecular weight is 216 g/mol. The third-order valence-electron chi connectivity index (χ3n) is 1.83. The van der Waals surface area contributed by atoms with Crippen molar-refractivity contribution in [2.24, 2.45) is 0 Å². The molecule has 1 aromatic carbocycles. The van der Waals surface area contributed by atoms with E-state index < -0.39 is 10.1 Å². The molecule has 1 rings (SSSR count). The highest BCUT2D eigenvalue weighted by molar-refractivity contribution is 7.86. The Balaban J connectivity index is 2.94. The maximum atomic E-state index is 11.2. The van der Waals surface area contributed by atoms with Crippen LogP contribution in [0.1, 0.15) is 5.56 Å². The molecule has 0 saturated heterocycles. The Morgan fingerprint density at radius 3 is 2.29 bits per heavy atom. The largest absolute Gasteiger partial charge is 0.396 e. The lowest BCUT2D eigenvalue weighted by Crippen LogP contribution is -2.02. The predicted molar refractivity (Wildman–Crippen MR) is 51.4 cm³/mol. The van der Waals surface area contributed by atoms with Gasteiger partial charge < -0.3 is 5.11 Å². The Bertz CT molecular complexity index is 380. The highest BCUT2D eigenvalue weighted by Crippen LogP contribution is 2.12. The Hall–Kier alpha value is -0.910. The van der Waals surface area contributed by atoms with E-state index in [1.165, 1.54) is 12.1 Å². The third kappa shape index (κ3) is 2.54. The van der Waals surface area contributed by atoms with Crippen LogP contribution in [0.4, 0.5) is 0 Å². The molecule has 0 aliphatic heterocycles. The molecule has 14 heavy (non-hydrogen) atoms. The van der Waals surface area contributed by atoms with Gasteiger partial charge in [-0.3, -0.25) is 4.18 Å². The molecule has 5 heteroatoms. The molecule has 0 heterocycles.